The Morgan fingerprint density at radius 1 is 1.40 bits per heavy atom. The molecule has 13 nitrogen and oxygen atoms in total. The molecule has 2 amide bonds. The number of aliphatic hydroxyl groups excluding tert-OH is 3. The number of imidazole rings is 1. The van der Waals surface area contributed by atoms with Gasteiger partial charge in [-0.2, -0.15) is 14.4 Å². The number of aromatic nitrogens is 4. The zero-order chi connectivity index (χ0) is 18.7. The summed E-state index contributed by atoms with van der Waals surface area (Å²) in [5.41, 5.74) is 11.2. The predicted octanol–water partition coefficient (Wildman–Crippen LogP) is -2.80. The number of hydroxylamine groups is 1. The summed E-state index contributed by atoms with van der Waals surface area (Å²) < 4.78 is 19.8. The number of primary amides is 1. The summed E-state index contributed by atoms with van der Waals surface area (Å²) in [5.74, 6) is -0.141. The molecule has 1 fully saturated rings. The molecule has 3 rings (SSSR count). The average Bonchev–Trinajstić information content (AvgIpc) is 3.10. The van der Waals surface area contributed by atoms with Gasteiger partial charge in [0, 0.05) is 0 Å². The number of carbonyl (C=O) groups excluding carboxylic acids is 1. The predicted molar refractivity (Wildman–Crippen MR) is 77.2 cm³/mol. The molecule has 2 aromatic rings. The van der Waals surface area contributed by atoms with Gasteiger partial charge < -0.3 is 31.5 Å². The van der Waals surface area contributed by atoms with E-state index in [1.54, 1.807) is 0 Å². The Hall–Kier alpha value is -2.65. The minimum atomic E-state index is -1.32. The van der Waals surface area contributed by atoms with E-state index in [1.807, 2.05) is 0 Å². The van der Waals surface area contributed by atoms with Crippen molar-refractivity contribution in [2.45, 2.75) is 24.5 Å². The maximum atomic E-state index is 13.2. The van der Waals surface area contributed by atoms with Gasteiger partial charge in [-0.05, 0) is 0 Å². The molecule has 138 valence electrons. The maximum Gasteiger partial charge on any atom is 0.335 e. The van der Waals surface area contributed by atoms with Crippen molar-refractivity contribution in [3.63, 3.8) is 0 Å². The van der Waals surface area contributed by atoms with E-state index in [0.29, 0.717) is 0 Å². The number of hydrogen-bond donors (Lipinski definition) is 7. The van der Waals surface area contributed by atoms with Crippen LogP contribution in [-0.4, -0.2) is 71.0 Å². The molecule has 3 heterocycles. The van der Waals surface area contributed by atoms with E-state index >= 15 is 0 Å². The first-order chi connectivity index (χ1) is 11.8. The van der Waals surface area contributed by atoms with Crippen molar-refractivity contribution in [2.24, 2.45) is 5.73 Å². The molecule has 2 aromatic heterocycles. The normalized spacial score (nSPS) is 25.5. The Labute approximate surface area is 138 Å². The van der Waals surface area contributed by atoms with Gasteiger partial charge >= 0.3 is 12.1 Å². The first kappa shape index (κ1) is 18.7. The fourth-order valence-electron chi connectivity index (χ4n) is 2.21. The summed E-state index contributed by atoms with van der Waals surface area (Å²) in [7, 11) is 0. The molecule has 0 saturated carbocycles. The van der Waals surface area contributed by atoms with Gasteiger partial charge in [0.2, 0.25) is 0 Å². The van der Waals surface area contributed by atoms with Crippen molar-refractivity contribution in [1.29, 1.82) is 0 Å². The molecule has 0 aromatic carbocycles. The molecule has 1 aliphatic rings. The third-order valence-corrected chi connectivity index (χ3v) is 3.32. The molecular weight excluding hydrogens is 345 g/mol. The van der Waals surface area contributed by atoms with Crippen molar-refractivity contribution >= 4 is 23.0 Å². The van der Waals surface area contributed by atoms with Gasteiger partial charge in [-0.1, -0.05) is 0 Å². The Kier molecular flexibility index (Phi) is 5.60. The first-order valence-electron chi connectivity index (χ1n) is 6.77. The molecule has 4 atom stereocenters. The second-order valence-corrected chi connectivity index (χ2v) is 4.91. The van der Waals surface area contributed by atoms with Crippen LogP contribution in [0.1, 0.15) is 6.23 Å². The number of nitrogens with zero attached hydrogens (tertiary/aromatic N) is 4. The molecule has 0 bridgehead atoms. The molecule has 1 aliphatic heterocycles. The van der Waals surface area contributed by atoms with Crippen LogP contribution in [0.3, 0.4) is 0 Å². The molecule has 0 radical (unpaired) electrons. The largest absolute Gasteiger partial charge is 0.394 e. The van der Waals surface area contributed by atoms with Crippen LogP contribution < -0.4 is 16.9 Å². The first-order valence-corrected chi connectivity index (χ1v) is 6.77. The summed E-state index contributed by atoms with van der Waals surface area (Å²) in [6, 6.07) is -0.940. The standard InChI is InChI=1S/C10H12FN5O4.CH4N2O2/c11-10-14-7(12)4-8(15-10)16(2-13-4)9-6(19)5(18)3(1-17)20-9;2-1(4)3-5/h2-3,5-6,9,17-19H,1H2,(H2,12,14,15);5H,(H3,2,3,4)/t3-,5-,6+,9-;/m1./s1. The number of urea groups is 1. The molecule has 14 heteroatoms. The van der Waals surface area contributed by atoms with Crippen LogP contribution >= 0.6 is 0 Å². The minimum Gasteiger partial charge on any atom is -0.394 e. The number of nitrogens with one attached hydrogen (secondary N) is 1. The van der Waals surface area contributed by atoms with Gasteiger partial charge in [0.15, 0.2) is 23.2 Å². The topological polar surface area (TPSA) is 215 Å². The number of anilines is 1. The SMILES string of the molecule is NC(=O)NO.Nc1nc(F)nc2c1ncn2[C@@H]1O[C@H](CO)[C@@H](O)[C@@H]1O. The van der Waals surface area contributed by atoms with Gasteiger partial charge in [0.05, 0.1) is 12.9 Å². The van der Waals surface area contributed by atoms with Crippen molar-refractivity contribution < 1.29 is 34.4 Å². The second kappa shape index (κ2) is 7.49. The van der Waals surface area contributed by atoms with Gasteiger partial charge in [-0.15, -0.1) is 0 Å². The molecule has 1 saturated heterocycles. The zero-order valence-corrected chi connectivity index (χ0v) is 12.5. The van der Waals surface area contributed by atoms with E-state index in [1.165, 1.54) is 16.4 Å². The van der Waals surface area contributed by atoms with Crippen LogP contribution in [0.4, 0.5) is 15.0 Å². The summed E-state index contributed by atoms with van der Waals surface area (Å²) in [6.07, 6.45) is -4.38. The van der Waals surface area contributed by atoms with Crippen LogP contribution in [0.2, 0.25) is 0 Å². The number of halogens is 1. The fraction of sp³-hybridized carbons (Fsp3) is 0.455. The molecule has 0 aliphatic carbocycles. The monoisotopic (exact) mass is 361 g/mol. The van der Waals surface area contributed by atoms with Gasteiger partial charge in [-0.3, -0.25) is 9.77 Å². The van der Waals surface area contributed by atoms with Crippen molar-refractivity contribution in [2.75, 3.05) is 12.3 Å². The lowest BCUT2D eigenvalue weighted by Gasteiger charge is -2.16. The fourth-order valence-corrected chi connectivity index (χ4v) is 2.21. The van der Waals surface area contributed by atoms with E-state index in [0.717, 1.165) is 0 Å². The van der Waals surface area contributed by atoms with Gasteiger partial charge in [-0.25, -0.2) is 15.3 Å². The Morgan fingerprint density at radius 2 is 2.04 bits per heavy atom. The average molecular weight is 361 g/mol. The van der Waals surface area contributed by atoms with E-state index in [2.05, 4.69) is 20.7 Å². The Bertz CT molecular complexity index is 758. The summed E-state index contributed by atoms with van der Waals surface area (Å²) in [6.45, 7) is -0.465. The lowest BCUT2D eigenvalue weighted by molar-refractivity contribution is -0.0511. The number of aliphatic hydroxyl groups is 3. The smallest absolute Gasteiger partial charge is 0.335 e. The zero-order valence-electron chi connectivity index (χ0n) is 12.5. The molecular formula is C11H16FN7O6. The van der Waals surface area contributed by atoms with Crippen LogP contribution in [0, 0.1) is 6.08 Å². The highest BCUT2D eigenvalue weighted by atomic mass is 19.1. The molecule has 25 heavy (non-hydrogen) atoms. The van der Waals surface area contributed by atoms with E-state index < -0.39 is 43.3 Å². The second-order valence-electron chi connectivity index (χ2n) is 4.91. The number of carbonyl (C=O) groups is 1. The van der Waals surface area contributed by atoms with Crippen LogP contribution in [0.25, 0.3) is 11.2 Å². The maximum absolute atomic E-state index is 13.2. The number of fused-ring (bicyclic) bond motifs is 1. The molecule has 0 spiro atoms. The van der Waals surface area contributed by atoms with E-state index in [-0.39, 0.29) is 17.0 Å². The Balaban J connectivity index is 0.000000399. The summed E-state index contributed by atoms with van der Waals surface area (Å²) in [4.78, 5) is 20.1. The van der Waals surface area contributed by atoms with Crippen molar-refractivity contribution in [1.82, 2.24) is 25.0 Å². The van der Waals surface area contributed by atoms with Crippen LogP contribution in [0.5, 0.6) is 0 Å². The summed E-state index contributed by atoms with van der Waals surface area (Å²) in [5, 5.41) is 36.1. The lowest BCUT2D eigenvalue weighted by Crippen LogP contribution is -2.33. The third kappa shape index (κ3) is 3.72. The number of amides is 2. The van der Waals surface area contributed by atoms with E-state index in [9.17, 15) is 19.4 Å². The molecule has 0 unspecified atom stereocenters. The highest BCUT2D eigenvalue weighted by Gasteiger charge is 2.44. The number of ether oxygens (including phenoxy) is 1. The van der Waals surface area contributed by atoms with Gasteiger partial charge in [0.1, 0.15) is 18.3 Å². The third-order valence-electron chi connectivity index (χ3n) is 3.32. The van der Waals surface area contributed by atoms with Crippen LogP contribution in [0.15, 0.2) is 6.33 Å². The van der Waals surface area contributed by atoms with Crippen molar-refractivity contribution in [3.8, 4) is 0 Å². The highest BCUT2D eigenvalue weighted by Crippen LogP contribution is 2.31. The number of hydrogen-bond acceptors (Lipinski definition) is 10. The minimum absolute atomic E-state index is 0.0323. The quantitative estimate of drug-likeness (QED) is 0.166. The number of nitrogens with two attached hydrogens (primary N) is 2. The van der Waals surface area contributed by atoms with Crippen molar-refractivity contribution in [3.05, 3.63) is 12.4 Å². The van der Waals surface area contributed by atoms with E-state index in [4.69, 9.17) is 20.8 Å². The summed E-state index contributed by atoms with van der Waals surface area (Å²) >= 11 is 0. The lowest BCUT2D eigenvalue weighted by atomic mass is 10.1. The van der Waals surface area contributed by atoms with Gasteiger partial charge in [0.25, 0.3) is 0 Å². The Morgan fingerprint density at radius 3 is 2.56 bits per heavy atom. The molecule has 9 N–H and O–H groups in total. The van der Waals surface area contributed by atoms with Crippen LogP contribution in [-0.2, 0) is 4.74 Å². The highest BCUT2D eigenvalue weighted by molar-refractivity contribution is 5.81. The number of rotatable bonds is 2. The number of nitrogen functional groups attached to an aromatic ring is 1.